The van der Waals surface area contributed by atoms with Gasteiger partial charge >= 0.3 is 0 Å². The Kier molecular flexibility index (Phi) is 4.46. The molecule has 0 atom stereocenters. The molecule has 0 aliphatic heterocycles. The van der Waals surface area contributed by atoms with Crippen LogP contribution in [0.15, 0.2) is 11.1 Å². The van der Waals surface area contributed by atoms with Gasteiger partial charge in [0.15, 0.2) is 5.78 Å². The fraction of sp³-hybridized carbons (Fsp3) is 0.615. The lowest BCUT2D eigenvalue weighted by Crippen LogP contribution is -1.94. The van der Waals surface area contributed by atoms with E-state index in [1.165, 1.54) is 6.42 Å². The minimum atomic E-state index is 0.210. The third-order valence-corrected chi connectivity index (χ3v) is 2.54. The minimum absolute atomic E-state index is 0.210. The average Bonchev–Trinajstić information content (AvgIpc) is 2.60. The number of carbonyl (C=O) groups is 1. The molecule has 14 heavy (non-hydrogen) atoms. The molecular formula is C13H18O. The lowest BCUT2D eigenvalue weighted by Gasteiger charge is -1.94. The molecule has 0 saturated carbocycles. The summed E-state index contributed by atoms with van der Waals surface area (Å²) in [5, 5.41) is 0. The van der Waals surface area contributed by atoms with Crippen LogP contribution in [-0.2, 0) is 4.79 Å². The van der Waals surface area contributed by atoms with Crippen molar-refractivity contribution in [2.24, 2.45) is 0 Å². The minimum Gasteiger partial charge on any atom is -0.295 e. The van der Waals surface area contributed by atoms with Gasteiger partial charge in [-0.3, -0.25) is 4.79 Å². The Morgan fingerprint density at radius 3 is 2.86 bits per heavy atom. The second kappa shape index (κ2) is 5.65. The molecule has 0 bridgehead atoms. The van der Waals surface area contributed by atoms with Crippen molar-refractivity contribution in [3.05, 3.63) is 11.1 Å². The Bertz CT molecular complexity index is 299. The summed E-state index contributed by atoms with van der Waals surface area (Å²) in [6.45, 7) is 3.81. The van der Waals surface area contributed by atoms with Crippen molar-refractivity contribution in [2.75, 3.05) is 0 Å². The van der Waals surface area contributed by atoms with E-state index in [0.717, 1.165) is 43.3 Å². The Morgan fingerprint density at radius 2 is 2.21 bits per heavy atom. The molecule has 1 nitrogen and oxygen atoms in total. The van der Waals surface area contributed by atoms with Crippen LogP contribution in [0.25, 0.3) is 0 Å². The van der Waals surface area contributed by atoms with Crippen molar-refractivity contribution >= 4 is 5.78 Å². The molecule has 0 unspecified atom stereocenters. The maximum absolute atomic E-state index is 11.2. The van der Waals surface area contributed by atoms with E-state index in [4.69, 9.17) is 0 Å². The van der Waals surface area contributed by atoms with Gasteiger partial charge in [-0.25, -0.2) is 0 Å². The highest BCUT2D eigenvalue weighted by Gasteiger charge is 2.15. The Labute approximate surface area is 86.6 Å². The van der Waals surface area contributed by atoms with Crippen LogP contribution in [0, 0.1) is 11.8 Å². The molecule has 1 rings (SSSR count). The number of Topliss-reactive ketones (excluding diaryl/α,β-unsaturated/α-hetero) is 1. The van der Waals surface area contributed by atoms with Crippen LogP contribution in [0.3, 0.4) is 0 Å². The smallest absolute Gasteiger partial charge is 0.156 e. The fourth-order valence-electron chi connectivity index (χ4n) is 1.70. The summed E-state index contributed by atoms with van der Waals surface area (Å²) in [6, 6.07) is 0. The summed E-state index contributed by atoms with van der Waals surface area (Å²) in [5.41, 5.74) is 2.09. The topological polar surface area (TPSA) is 17.1 Å². The number of ketones is 1. The third-order valence-electron chi connectivity index (χ3n) is 2.54. The van der Waals surface area contributed by atoms with Crippen molar-refractivity contribution < 1.29 is 4.79 Å². The highest BCUT2D eigenvalue weighted by molar-refractivity contribution is 5.95. The zero-order chi connectivity index (χ0) is 10.4. The monoisotopic (exact) mass is 190 g/mol. The van der Waals surface area contributed by atoms with E-state index < -0.39 is 0 Å². The van der Waals surface area contributed by atoms with Crippen LogP contribution >= 0.6 is 0 Å². The summed E-state index contributed by atoms with van der Waals surface area (Å²) in [5.74, 6) is 6.52. The standard InChI is InChI=1S/C13H18O/c1-3-4-5-6-8-12-9-7-10-13(12)11(2)14/h3-5,7,9-10H2,1-2H3. The molecule has 0 spiro atoms. The maximum atomic E-state index is 11.2. The predicted molar refractivity (Wildman–Crippen MR) is 58.9 cm³/mol. The largest absolute Gasteiger partial charge is 0.295 e. The molecule has 0 N–H and O–H groups in total. The van der Waals surface area contributed by atoms with Crippen molar-refractivity contribution in [1.29, 1.82) is 0 Å². The van der Waals surface area contributed by atoms with Gasteiger partial charge in [-0.05, 0) is 32.6 Å². The van der Waals surface area contributed by atoms with E-state index in [1.807, 2.05) is 0 Å². The van der Waals surface area contributed by atoms with Gasteiger partial charge in [-0.1, -0.05) is 25.2 Å². The zero-order valence-electron chi connectivity index (χ0n) is 9.15. The lowest BCUT2D eigenvalue weighted by molar-refractivity contribution is -0.113. The number of allylic oxidation sites excluding steroid dienone is 2. The van der Waals surface area contributed by atoms with Gasteiger partial charge in [0.1, 0.15) is 0 Å². The zero-order valence-corrected chi connectivity index (χ0v) is 9.15. The molecular weight excluding hydrogens is 172 g/mol. The van der Waals surface area contributed by atoms with E-state index in [9.17, 15) is 4.79 Å². The molecule has 0 aromatic heterocycles. The first kappa shape index (κ1) is 11.0. The summed E-state index contributed by atoms with van der Waals surface area (Å²) in [6.07, 6.45) is 6.36. The van der Waals surface area contributed by atoms with E-state index in [0.29, 0.717) is 0 Å². The number of hydrogen-bond acceptors (Lipinski definition) is 1. The van der Waals surface area contributed by atoms with Gasteiger partial charge in [-0.2, -0.15) is 0 Å². The van der Waals surface area contributed by atoms with Crippen molar-refractivity contribution in [1.82, 2.24) is 0 Å². The number of hydrogen-bond donors (Lipinski definition) is 0. The first-order chi connectivity index (χ1) is 6.75. The first-order valence-electron chi connectivity index (χ1n) is 5.47. The first-order valence-corrected chi connectivity index (χ1v) is 5.47. The molecule has 1 aliphatic carbocycles. The summed E-state index contributed by atoms with van der Waals surface area (Å²) in [7, 11) is 0. The fourth-order valence-corrected chi connectivity index (χ4v) is 1.70. The second-order valence-electron chi connectivity index (χ2n) is 3.77. The van der Waals surface area contributed by atoms with E-state index >= 15 is 0 Å². The van der Waals surface area contributed by atoms with Gasteiger partial charge in [0.25, 0.3) is 0 Å². The van der Waals surface area contributed by atoms with Crippen molar-refractivity contribution in [3.8, 4) is 11.8 Å². The average molecular weight is 190 g/mol. The van der Waals surface area contributed by atoms with Crippen LogP contribution in [0.4, 0.5) is 0 Å². The highest BCUT2D eigenvalue weighted by Crippen LogP contribution is 2.25. The summed E-state index contributed by atoms with van der Waals surface area (Å²) < 4.78 is 0. The van der Waals surface area contributed by atoms with Crippen LogP contribution in [0.2, 0.25) is 0 Å². The van der Waals surface area contributed by atoms with Crippen LogP contribution < -0.4 is 0 Å². The Hall–Kier alpha value is -1.03. The van der Waals surface area contributed by atoms with Gasteiger partial charge < -0.3 is 0 Å². The quantitative estimate of drug-likeness (QED) is 0.493. The van der Waals surface area contributed by atoms with Crippen LogP contribution in [0.5, 0.6) is 0 Å². The van der Waals surface area contributed by atoms with Crippen LogP contribution in [-0.4, -0.2) is 5.78 Å². The van der Waals surface area contributed by atoms with E-state index in [1.54, 1.807) is 6.92 Å². The van der Waals surface area contributed by atoms with E-state index in [2.05, 4.69) is 18.8 Å². The molecule has 0 aromatic rings. The molecule has 0 amide bonds. The molecule has 0 aromatic carbocycles. The third kappa shape index (κ3) is 3.03. The predicted octanol–water partition coefficient (Wildman–Crippen LogP) is 3.25. The summed E-state index contributed by atoms with van der Waals surface area (Å²) in [4.78, 5) is 11.2. The Morgan fingerprint density at radius 1 is 1.43 bits per heavy atom. The number of rotatable bonds is 3. The molecule has 1 aliphatic rings. The highest BCUT2D eigenvalue weighted by atomic mass is 16.1. The van der Waals surface area contributed by atoms with Gasteiger partial charge in [0.2, 0.25) is 0 Å². The number of carbonyl (C=O) groups excluding carboxylic acids is 1. The molecule has 0 radical (unpaired) electrons. The normalized spacial score (nSPS) is 15.3. The lowest BCUT2D eigenvalue weighted by atomic mass is 10.1. The Balaban J connectivity index is 2.60. The van der Waals surface area contributed by atoms with Crippen molar-refractivity contribution in [2.45, 2.75) is 52.4 Å². The van der Waals surface area contributed by atoms with Gasteiger partial charge in [0, 0.05) is 17.6 Å². The van der Waals surface area contributed by atoms with Gasteiger partial charge in [0.05, 0.1) is 0 Å². The molecule has 0 saturated heterocycles. The van der Waals surface area contributed by atoms with Gasteiger partial charge in [-0.15, -0.1) is 0 Å². The van der Waals surface area contributed by atoms with Crippen molar-refractivity contribution in [3.63, 3.8) is 0 Å². The summed E-state index contributed by atoms with van der Waals surface area (Å²) >= 11 is 0. The second-order valence-corrected chi connectivity index (χ2v) is 3.77. The number of unbranched alkanes of at least 4 members (excludes halogenated alkanes) is 2. The SMILES string of the molecule is CCCCC#CC1=C(C(C)=O)CCC1. The van der Waals surface area contributed by atoms with Crippen LogP contribution in [0.1, 0.15) is 52.4 Å². The molecule has 0 heterocycles. The molecule has 0 fully saturated rings. The molecule has 76 valence electrons. The molecule has 1 heteroatoms. The maximum Gasteiger partial charge on any atom is 0.156 e. The van der Waals surface area contributed by atoms with E-state index in [-0.39, 0.29) is 5.78 Å².